The second kappa shape index (κ2) is 6.44. The summed E-state index contributed by atoms with van der Waals surface area (Å²) in [5.41, 5.74) is 1.13. The highest BCUT2D eigenvalue weighted by Gasteiger charge is 2.21. The first-order chi connectivity index (χ1) is 10.3. The third-order valence-corrected chi connectivity index (χ3v) is 4.53. The lowest BCUT2D eigenvalue weighted by Crippen LogP contribution is -2.36. The van der Waals surface area contributed by atoms with Gasteiger partial charge >= 0.3 is 0 Å². The summed E-state index contributed by atoms with van der Waals surface area (Å²) in [5, 5.41) is 5.80. The lowest BCUT2D eigenvalue weighted by Gasteiger charge is -2.34. The average Bonchev–Trinajstić information content (AvgIpc) is 2.54. The largest absolute Gasteiger partial charge is 0.356 e. The van der Waals surface area contributed by atoms with Crippen LogP contribution in [0.3, 0.4) is 0 Å². The van der Waals surface area contributed by atoms with E-state index < -0.39 is 0 Å². The molecule has 1 fully saturated rings. The number of aromatic nitrogens is 1. The molecular weight excluding hydrogens is 258 g/mol. The smallest absolute Gasteiger partial charge is 0.136 e. The zero-order valence-corrected chi connectivity index (χ0v) is 13.1. The highest BCUT2D eigenvalue weighted by molar-refractivity contribution is 5.92. The lowest BCUT2D eigenvalue weighted by atomic mass is 9.95. The maximum absolute atomic E-state index is 4.95. The van der Waals surface area contributed by atoms with E-state index in [-0.39, 0.29) is 0 Å². The highest BCUT2D eigenvalue weighted by Crippen LogP contribution is 2.30. The first-order valence-corrected chi connectivity index (χ1v) is 8.10. The van der Waals surface area contributed by atoms with Gasteiger partial charge in [-0.1, -0.05) is 37.6 Å². The van der Waals surface area contributed by atoms with Crippen LogP contribution in [0.15, 0.2) is 30.3 Å². The predicted octanol–water partition coefficient (Wildman–Crippen LogP) is 3.58. The minimum absolute atomic E-state index is 0.812. The van der Waals surface area contributed by atoms with Gasteiger partial charge in [0.1, 0.15) is 5.82 Å². The van der Waals surface area contributed by atoms with Crippen molar-refractivity contribution in [1.29, 1.82) is 0 Å². The zero-order chi connectivity index (χ0) is 14.7. The number of nitrogens with one attached hydrogen (secondary N) is 1. The Balaban J connectivity index is 2.02. The van der Waals surface area contributed by atoms with Gasteiger partial charge in [0, 0.05) is 25.0 Å². The van der Waals surface area contributed by atoms with E-state index in [4.69, 9.17) is 4.98 Å². The van der Waals surface area contributed by atoms with E-state index in [1.165, 1.54) is 35.9 Å². The van der Waals surface area contributed by atoms with Gasteiger partial charge in [-0.15, -0.1) is 0 Å². The van der Waals surface area contributed by atoms with Gasteiger partial charge in [0.2, 0.25) is 0 Å². The van der Waals surface area contributed by atoms with Crippen molar-refractivity contribution in [3.63, 3.8) is 0 Å². The molecule has 1 aromatic carbocycles. The van der Waals surface area contributed by atoms with Crippen molar-refractivity contribution in [2.45, 2.75) is 32.7 Å². The molecule has 3 nitrogen and oxygen atoms in total. The highest BCUT2D eigenvalue weighted by atomic mass is 15.2. The number of piperidine rings is 1. The predicted molar refractivity (Wildman–Crippen MR) is 89.7 cm³/mol. The number of nitrogens with zero attached hydrogens (tertiary/aromatic N) is 2. The van der Waals surface area contributed by atoms with Crippen molar-refractivity contribution in [2.75, 3.05) is 25.0 Å². The monoisotopic (exact) mass is 283 g/mol. The standard InChI is InChI=1S/C18H25N3/c1-3-14-7-6-10-21(13-14)18-17-9-5-4-8-15(17)11-16(20-18)12-19-2/h4-5,8-9,11,14,19H,3,6-7,10,12-13H2,1-2H3. The van der Waals surface area contributed by atoms with Crippen LogP contribution in [-0.4, -0.2) is 25.1 Å². The van der Waals surface area contributed by atoms with Gasteiger partial charge in [-0.25, -0.2) is 4.98 Å². The maximum atomic E-state index is 4.95. The van der Waals surface area contributed by atoms with E-state index >= 15 is 0 Å². The summed E-state index contributed by atoms with van der Waals surface area (Å²) < 4.78 is 0. The van der Waals surface area contributed by atoms with Crippen molar-refractivity contribution >= 4 is 16.6 Å². The molecule has 0 aliphatic carbocycles. The molecular formula is C18H25N3. The summed E-state index contributed by atoms with van der Waals surface area (Å²) in [4.78, 5) is 7.45. The summed E-state index contributed by atoms with van der Waals surface area (Å²) >= 11 is 0. The molecule has 3 heteroatoms. The second-order valence-corrected chi connectivity index (χ2v) is 6.05. The number of pyridine rings is 1. The molecule has 1 aromatic heterocycles. The molecule has 21 heavy (non-hydrogen) atoms. The van der Waals surface area contributed by atoms with Crippen molar-refractivity contribution in [1.82, 2.24) is 10.3 Å². The van der Waals surface area contributed by atoms with Crippen LogP contribution in [0.5, 0.6) is 0 Å². The number of hydrogen-bond acceptors (Lipinski definition) is 3. The minimum Gasteiger partial charge on any atom is -0.356 e. The molecule has 1 aliphatic heterocycles. The molecule has 2 aromatic rings. The van der Waals surface area contributed by atoms with Crippen LogP contribution in [0.4, 0.5) is 5.82 Å². The van der Waals surface area contributed by atoms with E-state index in [1.807, 2.05) is 7.05 Å². The van der Waals surface area contributed by atoms with Crippen LogP contribution >= 0.6 is 0 Å². The molecule has 3 rings (SSSR count). The van der Waals surface area contributed by atoms with E-state index in [2.05, 4.69) is 47.5 Å². The topological polar surface area (TPSA) is 28.2 Å². The molecule has 1 aliphatic rings. The Labute approximate surface area is 127 Å². The van der Waals surface area contributed by atoms with Crippen LogP contribution in [-0.2, 0) is 6.54 Å². The van der Waals surface area contributed by atoms with Gasteiger partial charge in [0.25, 0.3) is 0 Å². The number of hydrogen-bond donors (Lipinski definition) is 1. The lowest BCUT2D eigenvalue weighted by molar-refractivity contribution is 0.403. The molecule has 112 valence electrons. The third-order valence-electron chi connectivity index (χ3n) is 4.53. The van der Waals surface area contributed by atoms with Crippen LogP contribution < -0.4 is 10.2 Å². The van der Waals surface area contributed by atoms with Crippen LogP contribution in [0, 0.1) is 5.92 Å². The number of rotatable bonds is 4. The molecule has 0 bridgehead atoms. The molecule has 0 spiro atoms. The van der Waals surface area contributed by atoms with E-state index in [0.29, 0.717) is 0 Å². The minimum atomic E-state index is 0.812. The van der Waals surface area contributed by atoms with Crippen molar-refractivity contribution < 1.29 is 0 Å². The van der Waals surface area contributed by atoms with Gasteiger partial charge < -0.3 is 10.2 Å². The summed E-state index contributed by atoms with van der Waals surface area (Å²) in [6, 6.07) is 10.8. The fourth-order valence-electron chi connectivity index (χ4n) is 3.34. The quantitative estimate of drug-likeness (QED) is 0.929. The third kappa shape index (κ3) is 3.03. The van der Waals surface area contributed by atoms with E-state index in [9.17, 15) is 0 Å². The molecule has 1 N–H and O–H groups in total. The summed E-state index contributed by atoms with van der Waals surface area (Å²) in [6.07, 6.45) is 3.91. The van der Waals surface area contributed by atoms with Crippen LogP contribution in [0.1, 0.15) is 31.9 Å². The van der Waals surface area contributed by atoms with Gasteiger partial charge in [-0.05, 0) is 37.3 Å². The Morgan fingerprint density at radius 3 is 3.00 bits per heavy atom. The molecule has 0 radical (unpaired) electrons. The summed E-state index contributed by atoms with van der Waals surface area (Å²) in [6.45, 7) is 5.41. The van der Waals surface area contributed by atoms with Crippen molar-refractivity contribution in [3.05, 3.63) is 36.0 Å². The molecule has 1 atom stereocenters. The Morgan fingerprint density at radius 1 is 1.33 bits per heavy atom. The fraction of sp³-hybridized carbons (Fsp3) is 0.500. The van der Waals surface area contributed by atoms with Crippen LogP contribution in [0.25, 0.3) is 10.8 Å². The first kappa shape index (κ1) is 14.3. The first-order valence-electron chi connectivity index (χ1n) is 8.10. The summed E-state index contributed by atoms with van der Waals surface area (Å²) in [7, 11) is 1.98. The Hall–Kier alpha value is -1.61. The Bertz CT molecular complexity index is 608. The number of fused-ring (bicyclic) bond motifs is 1. The molecule has 0 saturated carbocycles. The Kier molecular flexibility index (Phi) is 4.39. The fourth-order valence-corrected chi connectivity index (χ4v) is 3.34. The van der Waals surface area contributed by atoms with Crippen molar-refractivity contribution in [3.8, 4) is 0 Å². The SMILES string of the molecule is CCC1CCCN(c2nc(CNC)cc3ccccc23)C1. The van der Waals surface area contributed by atoms with Gasteiger partial charge in [-0.3, -0.25) is 0 Å². The molecule has 2 heterocycles. The van der Waals surface area contributed by atoms with E-state index in [0.717, 1.165) is 31.2 Å². The molecule has 1 saturated heterocycles. The summed E-state index contributed by atoms with van der Waals surface area (Å²) in [5.74, 6) is 1.99. The maximum Gasteiger partial charge on any atom is 0.136 e. The molecule has 1 unspecified atom stereocenters. The van der Waals surface area contributed by atoms with E-state index in [1.54, 1.807) is 0 Å². The molecule has 0 amide bonds. The Morgan fingerprint density at radius 2 is 2.19 bits per heavy atom. The van der Waals surface area contributed by atoms with Gasteiger partial charge in [-0.2, -0.15) is 0 Å². The van der Waals surface area contributed by atoms with Crippen LogP contribution in [0.2, 0.25) is 0 Å². The van der Waals surface area contributed by atoms with Crippen molar-refractivity contribution in [2.24, 2.45) is 5.92 Å². The average molecular weight is 283 g/mol. The second-order valence-electron chi connectivity index (χ2n) is 6.05. The normalized spacial score (nSPS) is 19.1. The van der Waals surface area contributed by atoms with Gasteiger partial charge in [0.15, 0.2) is 0 Å². The number of anilines is 1. The van der Waals surface area contributed by atoms with Gasteiger partial charge in [0.05, 0.1) is 5.69 Å². The number of benzene rings is 1. The zero-order valence-electron chi connectivity index (χ0n) is 13.1.